The van der Waals surface area contributed by atoms with Gasteiger partial charge < -0.3 is 10.6 Å². The number of hydrogen-bond donors (Lipinski definition) is 2. The third kappa shape index (κ3) is 3.05. The number of nitrogens with zero attached hydrogens (tertiary/aromatic N) is 2. The smallest absolute Gasteiger partial charge is 0.219 e. The Kier molecular flexibility index (Phi) is 3.68. The Morgan fingerprint density at radius 3 is 2.77 bits per heavy atom. The molecule has 0 amide bonds. The van der Waals surface area contributed by atoms with Gasteiger partial charge in [-0.3, -0.25) is 0 Å². The molecule has 0 bridgehead atoms. The lowest BCUT2D eigenvalue weighted by Gasteiger charge is -2.12. The standard InChI is InChI=1S/C16H14ClN4S/c17-12-3-1-10(2-4-12)14-9-22-15(21-14)11-7-18-16(19-8-11)20-13-5-6-13/h1-4,9,13,21H,5-7H2,(H,18,20). The van der Waals surface area contributed by atoms with Crippen LogP contribution in [-0.4, -0.2) is 24.8 Å². The summed E-state index contributed by atoms with van der Waals surface area (Å²) in [6, 6.07) is 8.36. The number of benzene rings is 1. The Balaban J connectivity index is 1.44. The molecule has 2 heterocycles. The van der Waals surface area contributed by atoms with Gasteiger partial charge in [0.15, 0.2) is 0 Å². The predicted molar refractivity (Wildman–Crippen MR) is 93.1 cm³/mol. The van der Waals surface area contributed by atoms with Crippen molar-refractivity contribution in [2.45, 2.75) is 18.9 Å². The molecule has 3 aliphatic rings. The van der Waals surface area contributed by atoms with Crippen LogP contribution in [0.15, 0.2) is 50.3 Å². The van der Waals surface area contributed by atoms with Crippen molar-refractivity contribution in [2.24, 2.45) is 9.98 Å². The van der Waals surface area contributed by atoms with Gasteiger partial charge in [-0.2, -0.15) is 0 Å². The van der Waals surface area contributed by atoms with Crippen LogP contribution in [0.4, 0.5) is 0 Å². The molecule has 0 atom stereocenters. The molecule has 2 aliphatic heterocycles. The SMILES string of the molecule is Clc1ccc(C2=CSC(=C3[C]=NC(NC4CC4)=NC3)N2)cc1. The Bertz CT molecular complexity index is 714. The van der Waals surface area contributed by atoms with E-state index in [0.29, 0.717) is 18.5 Å². The second-order valence-electron chi connectivity index (χ2n) is 5.37. The fourth-order valence-electron chi connectivity index (χ4n) is 2.17. The van der Waals surface area contributed by atoms with Gasteiger partial charge in [0.2, 0.25) is 5.96 Å². The highest BCUT2D eigenvalue weighted by Gasteiger charge is 2.23. The van der Waals surface area contributed by atoms with Gasteiger partial charge in [-0.25, -0.2) is 9.98 Å². The van der Waals surface area contributed by atoms with E-state index in [0.717, 1.165) is 26.9 Å². The summed E-state index contributed by atoms with van der Waals surface area (Å²) in [4.78, 5) is 8.75. The average molecular weight is 330 g/mol. The van der Waals surface area contributed by atoms with E-state index in [-0.39, 0.29) is 0 Å². The largest absolute Gasteiger partial charge is 0.352 e. The molecule has 1 radical (unpaired) electrons. The maximum Gasteiger partial charge on any atom is 0.219 e. The molecule has 0 saturated heterocycles. The highest BCUT2D eigenvalue weighted by atomic mass is 35.5. The zero-order valence-corrected chi connectivity index (χ0v) is 13.3. The van der Waals surface area contributed by atoms with Crippen LogP contribution in [0.5, 0.6) is 0 Å². The van der Waals surface area contributed by atoms with Crippen LogP contribution < -0.4 is 10.6 Å². The third-order valence-electron chi connectivity index (χ3n) is 3.57. The zero-order valence-electron chi connectivity index (χ0n) is 11.8. The van der Waals surface area contributed by atoms with Crippen LogP contribution in [0, 0.1) is 0 Å². The van der Waals surface area contributed by atoms with E-state index in [4.69, 9.17) is 11.6 Å². The van der Waals surface area contributed by atoms with Crippen molar-refractivity contribution in [3.63, 3.8) is 0 Å². The Morgan fingerprint density at radius 2 is 2.09 bits per heavy atom. The van der Waals surface area contributed by atoms with Crippen LogP contribution >= 0.6 is 23.4 Å². The van der Waals surface area contributed by atoms with E-state index in [2.05, 4.69) is 32.2 Å². The molecule has 6 heteroatoms. The van der Waals surface area contributed by atoms with Gasteiger partial charge in [0, 0.05) is 22.0 Å². The molecule has 111 valence electrons. The maximum atomic E-state index is 5.93. The number of nitrogens with one attached hydrogen (secondary N) is 2. The summed E-state index contributed by atoms with van der Waals surface area (Å²) in [5, 5.41) is 10.6. The Labute approximate surface area is 138 Å². The van der Waals surface area contributed by atoms with Gasteiger partial charge in [0.1, 0.15) is 6.21 Å². The lowest BCUT2D eigenvalue weighted by atomic mass is 10.2. The van der Waals surface area contributed by atoms with Gasteiger partial charge >= 0.3 is 0 Å². The molecular weight excluding hydrogens is 316 g/mol. The highest BCUT2D eigenvalue weighted by molar-refractivity contribution is 8.06. The summed E-state index contributed by atoms with van der Waals surface area (Å²) in [5.41, 5.74) is 3.17. The van der Waals surface area contributed by atoms with Crippen LogP contribution in [-0.2, 0) is 0 Å². The number of halogens is 1. The van der Waals surface area contributed by atoms with E-state index < -0.39 is 0 Å². The van der Waals surface area contributed by atoms with Crippen LogP contribution in [0.2, 0.25) is 5.02 Å². The minimum Gasteiger partial charge on any atom is -0.352 e. The van der Waals surface area contributed by atoms with Gasteiger partial charge in [0.05, 0.1) is 17.3 Å². The first kappa shape index (κ1) is 13.9. The molecule has 1 fully saturated rings. The van der Waals surface area contributed by atoms with Crippen molar-refractivity contribution >= 4 is 41.2 Å². The topological polar surface area (TPSA) is 48.8 Å². The highest BCUT2D eigenvalue weighted by Crippen LogP contribution is 2.32. The molecule has 1 saturated carbocycles. The number of rotatable bonds is 2. The normalized spacial score (nSPS) is 23.9. The van der Waals surface area contributed by atoms with Crippen molar-refractivity contribution in [3.8, 4) is 0 Å². The van der Waals surface area contributed by atoms with Gasteiger partial charge in [0.25, 0.3) is 0 Å². The summed E-state index contributed by atoms with van der Waals surface area (Å²) in [5.74, 6) is 0.709. The van der Waals surface area contributed by atoms with E-state index in [1.807, 2.05) is 24.3 Å². The van der Waals surface area contributed by atoms with Crippen molar-refractivity contribution < 1.29 is 0 Å². The number of thioether (sulfide) groups is 1. The summed E-state index contributed by atoms with van der Waals surface area (Å²) in [6.07, 6.45) is 5.53. The second kappa shape index (κ2) is 5.82. The molecule has 0 aromatic heterocycles. The minimum absolute atomic E-state index is 0.565. The third-order valence-corrected chi connectivity index (χ3v) is 4.76. The number of guanidine groups is 1. The summed E-state index contributed by atoms with van der Waals surface area (Å²) >= 11 is 7.57. The second-order valence-corrected chi connectivity index (χ2v) is 6.69. The molecule has 1 aromatic rings. The summed E-state index contributed by atoms with van der Waals surface area (Å²) in [7, 11) is 0. The first-order valence-electron chi connectivity index (χ1n) is 7.18. The monoisotopic (exact) mass is 329 g/mol. The van der Waals surface area contributed by atoms with Gasteiger partial charge in [-0.05, 0) is 30.5 Å². The van der Waals surface area contributed by atoms with Gasteiger partial charge in [-0.15, -0.1) is 0 Å². The summed E-state index contributed by atoms with van der Waals surface area (Å²) in [6.45, 7) is 0.607. The Morgan fingerprint density at radius 1 is 1.27 bits per heavy atom. The van der Waals surface area contributed by atoms with Crippen LogP contribution in [0.1, 0.15) is 18.4 Å². The van der Waals surface area contributed by atoms with E-state index in [1.54, 1.807) is 11.8 Å². The molecular formula is C16H14ClN4S. The van der Waals surface area contributed by atoms with Crippen molar-refractivity contribution in [1.29, 1.82) is 0 Å². The molecule has 22 heavy (non-hydrogen) atoms. The number of aliphatic imine (C=N–C) groups is 2. The molecule has 0 unspecified atom stereocenters. The summed E-state index contributed by atoms with van der Waals surface area (Å²) < 4.78 is 0. The zero-order chi connectivity index (χ0) is 14.9. The molecule has 1 aromatic carbocycles. The van der Waals surface area contributed by atoms with E-state index in [1.165, 1.54) is 12.8 Å². The van der Waals surface area contributed by atoms with E-state index >= 15 is 0 Å². The molecule has 2 N–H and O–H groups in total. The lowest BCUT2D eigenvalue weighted by Crippen LogP contribution is -2.26. The van der Waals surface area contributed by atoms with Gasteiger partial charge in [-0.1, -0.05) is 35.5 Å². The lowest BCUT2D eigenvalue weighted by molar-refractivity contribution is 0.884. The van der Waals surface area contributed by atoms with Crippen molar-refractivity contribution in [3.05, 3.63) is 50.9 Å². The quantitative estimate of drug-likeness (QED) is 0.875. The fourth-order valence-corrected chi connectivity index (χ4v) is 3.15. The molecule has 0 spiro atoms. The first-order valence-corrected chi connectivity index (χ1v) is 8.44. The molecule has 1 aliphatic carbocycles. The van der Waals surface area contributed by atoms with Crippen molar-refractivity contribution in [2.75, 3.05) is 6.54 Å². The predicted octanol–water partition coefficient (Wildman–Crippen LogP) is 3.26. The van der Waals surface area contributed by atoms with E-state index in [9.17, 15) is 0 Å². The average Bonchev–Trinajstić information content (AvgIpc) is 3.22. The maximum absolute atomic E-state index is 5.93. The minimum atomic E-state index is 0.565. The fraction of sp³-hybridized carbons (Fsp3) is 0.250. The van der Waals surface area contributed by atoms with Crippen LogP contribution in [0.25, 0.3) is 5.70 Å². The molecule has 4 rings (SSSR count). The molecule has 4 nitrogen and oxygen atoms in total. The number of hydrogen-bond acceptors (Lipinski definition) is 5. The van der Waals surface area contributed by atoms with Crippen LogP contribution in [0.3, 0.4) is 0 Å². The first-order chi connectivity index (χ1) is 10.8. The van der Waals surface area contributed by atoms with Crippen molar-refractivity contribution in [1.82, 2.24) is 10.6 Å². The Hall–Kier alpha value is -1.72.